The molecule has 1 aromatic heterocycles. The van der Waals surface area contributed by atoms with Gasteiger partial charge in [-0.15, -0.1) is 0 Å². The number of aryl methyl sites for hydroxylation is 1. The molecular weight excluding hydrogens is 378 g/mol. The van der Waals surface area contributed by atoms with Crippen LogP contribution in [0, 0.1) is 13.8 Å². The summed E-state index contributed by atoms with van der Waals surface area (Å²) in [4.78, 5) is 32.4. The molecule has 0 saturated carbocycles. The SMILES string of the molecule is Cc1cccc(NC(=O)COC(=O)c2c3c(nc4ccccc24)CCN(C)C3)c1C. The predicted molar refractivity (Wildman–Crippen MR) is 117 cm³/mol. The van der Waals surface area contributed by atoms with Crippen LogP contribution in [0.1, 0.15) is 32.7 Å². The third-order valence-electron chi connectivity index (χ3n) is 5.65. The number of likely N-dealkylation sites (N-methyl/N-ethyl adjacent to an activating group) is 1. The topological polar surface area (TPSA) is 71.5 Å². The first-order valence-corrected chi connectivity index (χ1v) is 10.1. The van der Waals surface area contributed by atoms with Crippen LogP contribution < -0.4 is 5.32 Å². The molecule has 6 nitrogen and oxygen atoms in total. The molecule has 0 bridgehead atoms. The lowest BCUT2D eigenvalue weighted by molar-refractivity contribution is -0.119. The summed E-state index contributed by atoms with van der Waals surface area (Å²) in [6.07, 6.45) is 0.782. The van der Waals surface area contributed by atoms with E-state index < -0.39 is 5.97 Å². The number of nitrogens with one attached hydrogen (secondary N) is 1. The number of carbonyl (C=O) groups excluding carboxylic acids is 2. The quantitative estimate of drug-likeness (QED) is 0.674. The zero-order valence-corrected chi connectivity index (χ0v) is 17.5. The van der Waals surface area contributed by atoms with E-state index in [9.17, 15) is 9.59 Å². The second-order valence-corrected chi connectivity index (χ2v) is 7.79. The number of ether oxygens (including phenoxy) is 1. The normalized spacial score (nSPS) is 13.7. The molecule has 2 heterocycles. The average Bonchev–Trinajstić information content (AvgIpc) is 2.73. The van der Waals surface area contributed by atoms with Crippen molar-refractivity contribution in [3.05, 3.63) is 70.4 Å². The molecule has 154 valence electrons. The van der Waals surface area contributed by atoms with Gasteiger partial charge in [0.05, 0.1) is 11.1 Å². The van der Waals surface area contributed by atoms with Gasteiger partial charge in [-0.05, 0) is 44.2 Å². The standard InChI is InChI=1S/C24H25N3O3/c1-15-7-6-10-19(16(15)2)26-22(28)14-30-24(29)23-17-8-4-5-9-20(17)25-21-11-12-27(3)13-18(21)23/h4-10H,11-14H2,1-3H3,(H,26,28). The Morgan fingerprint density at radius 1 is 1.13 bits per heavy atom. The molecule has 2 aromatic carbocycles. The van der Waals surface area contributed by atoms with Crippen LogP contribution >= 0.6 is 0 Å². The van der Waals surface area contributed by atoms with Crippen LogP contribution in [0.2, 0.25) is 0 Å². The lowest BCUT2D eigenvalue weighted by atomic mass is 9.96. The fraction of sp³-hybridized carbons (Fsp3) is 0.292. The van der Waals surface area contributed by atoms with Gasteiger partial charge in [-0.3, -0.25) is 9.78 Å². The number of fused-ring (bicyclic) bond motifs is 2. The Hall–Kier alpha value is -3.25. The summed E-state index contributed by atoms with van der Waals surface area (Å²) in [5, 5.41) is 3.58. The van der Waals surface area contributed by atoms with E-state index in [0.29, 0.717) is 12.1 Å². The molecule has 1 aliphatic heterocycles. The Bertz CT molecular complexity index is 1140. The maximum atomic E-state index is 13.1. The van der Waals surface area contributed by atoms with Gasteiger partial charge in [0, 0.05) is 41.8 Å². The highest BCUT2D eigenvalue weighted by atomic mass is 16.5. The van der Waals surface area contributed by atoms with E-state index in [1.165, 1.54) is 0 Å². The van der Waals surface area contributed by atoms with Gasteiger partial charge in [-0.2, -0.15) is 0 Å². The molecule has 1 aliphatic rings. The van der Waals surface area contributed by atoms with Crippen molar-refractivity contribution < 1.29 is 14.3 Å². The Morgan fingerprint density at radius 3 is 2.77 bits per heavy atom. The number of para-hydroxylation sites is 1. The highest BCUT2D eigenvalue weighted by molar-refractivity contribution is 6.06. The van der Waals surface area contributed by atoms with Crippen molar-refractivity contribution in [1.29, 1.82) is 0 Å². The highest BCUT2D eigenvalue weighted by Gasteiger charge is 2.25. The summed E-state index contributed by atoms with van der Waals surface area (Å²) >= 11 is 0. The second-order valence-electron chi connectivity index (χ2n) is 7.79. The van der Waals surface area contributed by atoms with Gasteiger partial charge < -0.3 is 15.0 Å². The number of carbonyl (C=O) groups is 2. The third kappa shape index (κ3) is 3.91. The van der Waals surface area contributed by atoms with Gasteiger partial charge in [0.2, 0.25) is 0 Å². The lowest BCUT2D eigenvalue weighted by Gasteiger charge is -2.26. The molecular formula is C24H25N3O3. The van der Waals surface area contributed by atoms with Crippen molar-refractivity contribution in [3.8, 4) is 0 Å². The maximum absolute atomic E-state index is 13.1. The van der Waals surface area contributed by atoms with Crippen LogP contribution in [-0.2, 0) is 22.5 Å². The van der Waals surface area contributed by atoms with E-state index >= 15 is 0 Å². The molecule has 3 aromatic rings. The molecule has 0 spiro atoms. The minimum absolute atomic E-state index is 0.340. The van der Waals surface area contributed by atoms with E-state index in [-0.39, 0.29) is 12.5 Å². The summed E-state index contributed by atoms with van der Waals surface area (Å²) in [6, 6.07) is 13.3. The van der Waals surface area contributed by atoms with Gasteiger partial charge in [-0.1, -0.05) is 30.3 Å². The zero-order valence-electron chi connectivity index (χ0n) is 17.5. The number of hydrogen-bond donors (Lipinski definition) is 1. The first-order chi connectivity index (χ1) is 14.4. The van der Waals surface area contributed by atoms with E-state index in [1.54, 1.807) is 0 Å². The first kappa shape index (κ1) is 20.0. The van der Waals surface area contributed by atoms with Crippen LogP contribution in [0.5, 0.6) is 0 Å². The number of aromatic nitrogens is 1. The van der Waals surface area contributed by atoms with Gasteiger partial charge in [-0.25, -0.2) is 4.79 Å². The Kier molecular flexibility index (Phi) is 5.50. The summed E-state index contributed by atoms with van der Waals surface area (Å²) in [7, 11) is 2.02. The molecule has 1 N–H and O–H groups in total. The number of nitrogens with zero attached hydrogens (tertiary/aromatic N) is 2. The van der Waals surface area contributed by atoms with Gasteiger partial charge >= 0.3 is 5.97 Å². The molecule has 0 unspecified atom stereocenters. The van der Waals surface area contributed by atoms with Gasteiger partial charge in [0.1, 0.15) is 0 Å². The molecule has 6 heteroatoms. The van der Waals surface area contributed by atoms with Crippen LogP contribution in [0.4, 0.5) is 5.69 Å². The maximum Gasteiger partial charge on any atom is 0.339 e. The Morgan fingerprint density at radius 2 is 1.93 bits per heavy atom. The van der Waals surface area contributed by atoms with E-state index in [4.69, 9.17) is 9.72 Å². The van der Waals surface area contributed by atoms with Crippen LogP contribution in [0.15, 0.2) is 42.5 Å². The predicted octanol–water partition coefficient (Wildman–Crippen LogP) is 3.64. The lowest BCUT2D eigenvalue weighted by Crippen LogP contribution is -2.30. The average molecular weight is 403 g/mol. The minimum Gasteiger partial charge on any atom is -0.452 e. The molecule has 0 saturated heterocycles. The summed E-state index contributed by atoms with van der Waals surface area (Å²) < 4.78 is 5.44. The van der Waals surface area contributed by atoms with Crippen molar-refractivity contribution in [3.63, 3.8) is 0 Å². The number of amides is 1. The van der Waals surface area contributed by atoms with E-state index in [0.717, 1.165) is 51.9 Å². The van der Waals surface area contributed by atoms with E-state index in [1.807, 2.05) is 63.4 Å². The van der Waals surface area contributed by atoms with Crippen molar-refractivity contribution in [2.24, 2.45) is 0 Å². The van der Waals surface area contributed by atoms with Gasteiger partial charge in [0.15, 0.2) is 6.61 Å². The molecule has 1 amide bonds. The fourth-order valence-corrected chi connectivity index (χ4v) is 3.83. The number of pyridine rings is 1. The highest BCUT2D eigenvalue weighted by Crippen LogP contribution is 2.28. The van der Waals surface area contributed by atoms with E-state index in [2.05, 4.69) is 10.2 Å². The number of esters is 1. The van der Waals surface area contributed by atoms with Gasteiger partial charge in [0.25, 0.3) is 5.91 Å². The minimum atomic E-state index is -0.490. The molecule has 0 atom stereocenters. The summed E-state index contributed by atoms with van der Waals surface area (Å²) in [5.74, 6) is -0.849. The molecule has 0 radical (unpaired) electrons. The smallest absolute Gasteiger partial charge is 0.339 e. The Balaban J connectivity index is 1.57. The van der Waals surface area contributed by atoms with Crippen molar-refractivity contribution >= 4 is 28.5 Å². The number of anilines is 1. The largest absolute Gasteiger partial charge is 0.452 e. The molecule has 4 rings (SSSR count). The van der Waals surface area contributed by atoms with Crippen molar-refractivity contribution in [2.75, 3.05) is 25.5 Å². The third-order valence-corrected chi connectivity index (χ3v) is 5.65. The zero-order chi connectivity index (χ0) is 21.3. The number of hydrogen-bond acceptors (Lipinski definition) is 5. The summed E-state index contributed by atoms with van der Waals surface area (Å²) in [5.41, 5.74) is 5.91. The van der Waals surface area contributed by atoms with Crippen LogP contribution in [0.3, 0.4) is 0 Å². The first-order valence-electron chi connectivity index (χ1n) is 10.1. The second kappa shape index (κ2) is 8.24. The Labute approximate surface area is 175 Å². The van der Waals surface area contributed by atoms with Crippen LogP contribution in [0.25, 0.3) is 10.9 Å². The monoisotopic (exact) mass is 403 g/mol. The number of benzene rings is 2. The molecule has 0 aliphatic carbocycles. The molecule has 0 fully saturated rings. The van der Waals surface area contributed by atoms with Crippen molar-refractivity contribution in [2.45, 2.75) is 26.8 Å². The van der Waals surface area contributed by atoms with Crippen molar-refractivity contribution in [1.82, 2.24) is 9.88 Å². The fourth-order valence-electron chi connectivity index (χ4n) is 3.83. The molecule has 30 heavy (non-hydrogen) atoms. The number of rotatable bonds is 4. The van der Waals surface area contributed by atoms with Crippen LogP contribution in [-0.4, -0.2) is 42.0 Å². The summed E-state index contributed by atoms with van der Waals surface area (Å²) in [6.45, 7) is 5.12.